The van der Waals surface area contributed by atoms with Crippen LogP contribution in [0.1, 0.15) is 57.9 Å². The molecule has 0 aliphatic heterocycles. The molecule has 1 fully saturated rings. The summed E-state index contributed by atoms with van der Waals surface area (Å²) in [5.41, 5.74) is 1.19. The minimum Gasteiger partial charge on any atom is -0.393 e. The highest BCUT2D eigenvalue weighted by Gasteiger charge is 2.39. The second-order valence-electron chi connectivity index (χ2n) is 8.75. The number of nitrogens with zero attached hydrogens (tertiary/aromatic N) is 1. The van der Waals surface area contributed by atoms with Crippen molar-refractivity contribution in [2.24, 2.45) is 11.8 Å². The first-order valence-electron chi connectivity index (χ1n) is 12.1. The van der Waals surface area contributed by atoms with Crippen molar-refractivity contribution in [2.75, 3.05) is 13.1 Å². The zero-order valence-electron chi connectivity index (χ0n) is 19.6. The van der Waals surface area contributed by atoms with Crippen molar-refractivity contribution in [3.63, 3.8) is 0 Å². The van der Waals surface area contributed by atoms with Gasteiger partial charge in [0.2, 0.25) is 5.91 Å². The lowest BCUT2D eigenvalue weighted by atomic mass is 9.89. The number of unbranched alkanes of at least 4 members (excludes halogenated alkanes) is 1. The van der Waals surface area contributed by atoms with Gasteiger partial charge < -0.3 is 20.2 Å². The van der Waals surface area contributed by atoms with Gasteiger partial charge in [-0.3, -0.25) is 4.79 Å². The fourth-order valence-corrected chi connectivity index (χ4v) is 4.50. The van der Waals surface area contributed by atoms with E-state index in [4.69, 9.17) is 0 Å². The molecule has 0 bridgehead atoms. The monoisotopic (exact) mass is 443 g/mol. The predicted octanol–water partition coefficient (Wildman–Crippen LogP) is 3.88. The molecule has 5 heteroatoms. The number of allylic oxidation sites excluding steroid dienone is 2. The summed E-state index contributed by atoms with van der Waals surface area (Å²) in [6.45, 7) is 5.50. The summed E-state index contributed by atoms with van der Waals surface area (Å²) >= 11 is 0. The highest BCUT2D eigenvalue weighted by molar-refractivity contribution is 5.76. The van der Waals surface area contributed by atoms with Crippen molar-refractivity contribution >= 4 is 5.91 Å². The molecular formula is C27H41NO4. The maximum absolute atomic E-state index is 12.0. The van der Waals surface area contributed by atoms with E-state index in [9.17, 15) is 20.1 Å². The van der Waals surface area contributed by atoms with Gasteiger partial charge in [0.1, 0.15) is 0 Å². The molecule has 1 aromatic rings. The molecule has 1 aliphatic carbocycles. The van der Waals surface area contributed by atoms with Gasteiger partial charge in [-0.15, -0.1) is 0 Å². The van der Waals surface area contributed by atoms with Gasteiger partial charge in [-0.05, 0) is 57.4 Å². The van der Waals surface area contributed by atoms with E-state index in [1.807, 2.05) is 43.0 Å². The lowest BCUT2D eigenvalue weighted by Crippen LogP contribution is -2.30. The van der Waals surface area contributed by atoms with Gasteiger partial charge in [0.05, 0.1) is 18.3 Å². The number of hydrogen-bond donors (Lipinski definition) is 3. The van der Waals surface area contributed by atoms with Crippen LogP contribution >= 0.6 is 0 Å². The second kappa shape index (κ2) is 14.2. The highest BCUT2D eigenvalue weighted by atomic mass is 16.3. The van der Waals surface area contributed by atoms with Crippen LogP contribution in [0.5, 0.6) is 0 Å². The summed E-state index contributed by atoms with van der Waals surface area (Å²) in [4.78, 5) is 13.9. The number of carbonyl (C=O) groups excluding carboxylic acids is 1. The number of hydrogen-bond acceptors (Lipinski definition) is 4. The molecule has 0 radical (unpaired) electrons. The first-order chi connectivity index (χ1) is 15.5. The molecule has 2 rings (SSSR count). The first-order valence-corrected chi connectivity index (χ1v) is 12.1. The summed E-state index contributed by atoms with van der Waals surface area (Å²) in [6, 6.07) is 10.1. The SMILES string of the molecule is CCN(CC)C(=O)CCCC=CC[C@@H]1[C@@H](/C=C/[C@@H](O)CCc2ccccc2)[C@H](O)C[C@@H]1O. The van der Waals surface area contributed by atoms with Crippen LogP contribution in [0.25, 0.3) is 0 Å². The third-order valence-electron chi connectivity index (χ3n) is 6.50. The van der Waals surface area contributed by atoms with Gasteiger partial charge in [-0.2, -0.15) is 0 Å². The van der Waals surface area contributed by atoms with E-state index in [-0.39, 0.29) is 17.7 Å². The van der Waals surface area contributed by atoms with E-state index in [0.29, 0.717) is 25.7 Å². The van der Waals surface area contributed by atoms with Gasteiger partial charge in [0, 0.05) is 31.8 Å². The van der Waals surface area contributed by atoms with Crippen molar-refractivity contribution in [2.45, 2.75) is 77.1 Å². The van der Waals surface area contributed by atoms with Crippen LogP contribution in [0.3, 0.4) is 0 Å². The summed E-state index contributed by atoms with van der Waals surface area (Å²) in [5, 5.41) is 31.1. The Morgan fingerprint density at radius 3 is 2.53 bits per heavy atom. The zero-order chi connectivity index (χ0) is 23.3. The molecule has 5 atom stereocenters. The molecule has 0 spiro atoms. The molecule has 1 saturated carbocycles. The van der Waals surface area contributed by atoms with Crippen molar-refractivity contribution in [1.29, 1.82) is 0 Å². The number of aliphatic hydroxyl groups excluding tert-OH is 3. The molecule has 1 aliphatic rings. The number of carbonyl (C=O) groups is 1. The zero-order valence-corrected chi connectivity index (χ0v) is 19.6. The molecule has 3 N–H and O–H groups in total. The lowest BCUT2D eigenvalue weighted by Gasteiger charge is -2.20. The van der Waals surface area contributed by atoms with E-state index in [1.165, 1.54) is 5.56 Å². The molecular weight excluding hydrogens is 402 g/mol. The van der Waals surface area contributed by atoms with Crippen LogP contribution in [0.4, 0.5) is 0 Å². The average molecular weight is 444 g/mol. The number of amides is 1. The highest BCUT2D eigenvalue weighted by Crippen LogP contribution is 2.36. The van der Waals surface area contributed by atoms with E-state index in [1.54, 1.807) is 6.08 Å². The van der Waals surface area contributed by atoms with Crippen molar-refractivity contribution < 1.29 is 20.1 Å². The number of aryl methyl sites for hydroxylation is 1. The first kappa shape index (κ1) is 26.3. The summed E-state index contributed by atoms with van der Waals surface area (Å²) in [7, 11) is 0. The van der Waals surface area contributed by atoms with E-state index < -0.39 is 18.3 Å². The Bertz CT molecular complexity index is 714. The number of rotatable bonds is 13. The minimum atomic E-state index is -0.590. The van der Waals surface area contributed by atoms with Crippen LogP contribution in [0.2, 0.25) is 0 Å². The van der Waals surface area contributed by atoms with Gasteiger partial charge in [0.15, 0.2) is 0 Å². The Morgan fingerprint density at radius 2 is 1.84 bits per heavy atom. The minimum absolute atomic E-state index is 0.0591. The maximum Gasteiger partial charge on any atom is 0.222 e. The Morgan fingerprint density at radius 1 is 1.12 bits per heavy atom. The van der Waals surface area contributed by atoms with Gasteiger partial charge in [0.25, 0.3) is 0 Å². The Hall–Kier alpha value is -1.95. The maximum atomic E-state index is 12.0. The molecule has 0 saturated heterocycles. The van der Waals surface area contributed by atoms with Crippen LogP contribution in [0, 0.1) is 11.8 Å². The fourth-order valence-electron chi connectivity index (χ4n) is 4.50. The van der Waals surface area contributed by atoms with Crippen molar-refractivity contribution in [3.05, 3.63) is 60.2 Å². The molecule has 1 amide bonds. The molecule has 32 heavy (non-hydrogen) atoms. The van der Waals surface area contributed by atoms with Gasteiger partial charge >= 0.3 is 0 Å². The quantitative estimate of drug-likeness (QED) is 0.319. The summed E-state index contributed by atoms with van der Waals surface area (Å²) in [6.07, 6.45) is 10.8. The smallest absolute Gasteiger partial charge is 0.222 e. The largest absolute Gasteiger partial charge is 0.393 e. The standard InChI is InChI=1S/C27H41NO4/c1-3-28(4-2)27(32)15-11-6-5-10-14-23-24(26(31)20-25(23)30)19-18-22(29)17-16-21-12-8-7-9-13-21/h5,7-10,12-13,18-19,22-26,29-31H,3-4,6,11,14-17,20H2,1-2H3/b10-5?,19-18+/t22-,23+,24+,25-,26+/m0/s1. The number of aliphatic hydroxyl groups is 3. The van der Waals surface area contributed by atoms with E-state index in [0.717, 1.165) is 32.4 Å². The third kappa shape index (κ3) is 8.53. The Balaban J connectivity index is 1.77. The molecule has 178 valence electrons. The van der Waals surface area contributed by atoms with Gasteiger partial charge in [-0.25, -0.2) is 0 Å². The molecule has 0 heterocycles. The van der Waals surface area contributed by atoms with Crippen molar-refractivity contribution in [1.82, 2.24) is 4.90 Å². The fraction of sp³-hybridized carbons (Fsp3) is 0.593. The third-order valence-corrected chi connectivity index (χ3v) is 6.50. The molecule has 5 nitrogen and oxygen atoms in total. The summed E-state index contributed by atoms with van der Waals surface area (Å²) in [5.74, 6) is -0.0184. The number of benzene rings is 1. The van der Waals surface area contributed by atoms with Crippen LogP contribution in [-0.2, 0) is 11.2 Å². The Labute approximate surface area is 193 Å². The normalized spacial score (nSPS) is 24.4. The average Bonchev–Trinajstić information content (AvgIpc) is 3.06. The molecule has 0 unspecified atom stereocenters. The molecule has 1 aromatic carbocycles. The van der Waals surface area contributed by atoms with E-state index >= 15 is 0 Å². The molecule has 0 aromatic heterocycles. The van der Waals surface area contributed by atoms with Crippen LogP contribution in [-0.4, -0.2) is 57.5 Å². The summed E-state index contributed by atoms with van der Waals surface area (Å²) < 4.78 is 0. The lowest BCUT2D eigenvalue weighted by molar-refractivity contribution is -0.130. The van der Waals surface area contributed by atoms with E-state index in [2.05, 4.69) is 24.3 Å². The van der Waals surface area contributed by atoms with Crippen LogP contribution < -0.4 is 0 Å². The predicted molar refractivity (Wildman–Crippen MR) is 129 cm³/mol. The topological polar surface area (TPSA) is 81.0 Å². The second-order valence-corrected chi connectivity index (χ2v) is 8.75. The Kier molecular flexibility index (Phi) is 11.7. The van der Waals surface area contributed by atoms with Crippen LogP contribution in [0.15, 0.2) is 54.6 Å². The van der Waals surface area contributed by atoms with Gasteiger partial charge in [-0.1, -0.05) is 54.6 Å². The van der Waals surface area contributed by atoms with Crippen molar-refractivity contribution in [3.8, 4) is 0 Å².